The molecule has 0 radical (unpaired) electrons. The first kappa shape index (κ1) is 11.0. The molecule has 0 bridgehead atoms. The molecule has 0 amide bonds. The molecule has 2 heterocycles. The van der Waals surface area contributed by atoms with E-state index in [1.54, 1.807) is 10.1 Å². The molecule has 2 N–H and O–H groups in total. The van der Waals surface area contributed by atoms with Crippen LogP contribution in [-0.2, 0) is 6.54 Å². The Morgan fingerprint density at radius 2 is 2.17 bits per heavy atom. The number of hydrogen-bond acceptors (Lipinski definition) is 4. The van der Waals surface area contributed by atoms with E-state index in [-0.39, 0.29) is 5.56 Å². The largest absolute Gasteiger partial charge is 0.385 e. The Kier molecular flexibility index (Phi) is 2.60. The van der Waals surface area contributed by atoms with Crippen LogP contribution in [0.5, 0.6) is 0 Å². The topological polar surface area (TPSA) is 60.9 Å². The average Bonchev–Trinajstić information content (AvgIpc) is 2.87. The van der Waals surface area contributed by atoms with Gasteiger partial charge in [0.25, 0.3) is 5.56 Å². The molecule has 0 saturated carbocycles. The summed E-state index contributed by atoms with van der Waals surface area (Å²) in [6, 6.07) is 9.27. The summed E-state index contributed by atoms with van der Waals surface area (Å²) in [6.07, 6.45) is 0. The van der Waals surface area contributed by atoms with Gasteiger partial charge in [0.15, 0.2) is 0 Å². The van der Waals surface area contributed by atoms with Gasteiger partial charge in [0.2, 0.25) is 0 Å². The summed E-state index contributed by atoms with van der Waals surface area (Å²) in [5.74, 6) is 0.465. The zero-order valence-electron chi connectivity index (χ0n) is 9.54. The molecule has 3 aromatic rings. The van der Waals surface area contributed by atoms with Gasteiger partial charge >= 0.3 is 0 Å². The van der Waals surface area contributed by atoms with E-state index in [4.69, 9.17) is 5.73 Å². The number of thiazole rings is 1. The number of nitrogen functional groups attached to an aromatic ring is 1. The highest BCUT2D eigenvalue weighted by Crippen LogP contribution is 2.14. The zero-order chi connectivity index (χ0) is 12.5. The molecule has 0 aliphatic heterocycles. The van der Waals surface area contributed by atoms with Gasteiger partial charge in [0.1, 0.15) is 5.82 Å². The molecule has 90 valence electrons. The molecule has 0 fully saturated rings. The second-order valence-electron chi connectivity index (χ2n) is 4.03. The van der Waals surface area contributed by atoms with E-state index in [9.17, 15) is 4.79 Å². The van der Waals surface area contributed by atoms with Crippen LogP contribution in [0.25, 0.3) is 10.8 Å². The van der Waals surface area contributed by atoms with Crippen molar-refractivity contribution in [1.29, 1.82) is 0 Å². The van der Waals surface area contributed by atoms with Gasteiger partial charge in [-0.15, -0.1) is 11.3 Å². The average molecular weight is 257 g/mol. The number of nitrogens with two attached hydrogens (primary N) is 1. The minimum atomic E-state index is -0.0707. The Labute approximate surface area is 107 Å². The molecular formula is C13H11N3OS. The quantitative estimate of drug-likeness (QED) is 0.764. The minimum absolute atomic E-state index is 0.0707. The molecule has 18 heavy (non-hydrogen) atoms. The molecule has 2 aromatic heterocycles. The number of fused-ring (bicyclic) bond motifs is 1. The number of pyridine rings is 1. The highest BCUT2D eigenvalue weighted by atomic mass is 32.1. The Balaban J connectivity index is 2.20. The molecule has 5 heteroatoms. The van der Waals surface area contributed by atoms with Crippen LogP contribution < -0.4 is 11.3 Å². The number of hydrogen-bond donors (Lipinski definition) is 1. The highest BCUT2D eigenvalue weighted by Gasteiger charge is 2.07. The molecule has 0 aliphatic rings. The summed E-state index contributed by atoms with van der Waals surface area (Å²) in [5.41, 5.74) is 8.47. The Morgan fingerprint density at radius 3 is 2.94 bits per heavy atom. The lowest BCUT2D eigenvalue weighted by molar-refractivity contribution is 0.763. The predicted octanol–water partition coefficient (Wildman–Crippen LogP) is 2.09. The summed E-state index contributed by atoms with van der Waals surface area (Å²) in [5, 5.41) is 3.47. The van der Waals surface area contributed by atoms with Gasteiger partial charge in [-0.3, -0.25) is 9.36 Å². The lowest BCUT2D eigenvalue weighted by Crippen LogP contribution is -2.23. The number of nitrogens with zero attached hydrogens (tertiary/aromatic N) is 2. The minimum Gasteiger partial charge on any atom is -0.385 e. The molecule has 0 unspecified atom stereocenters. The van der Waals surface area contributed by atoms with Crippen molar-refractivity contribution in [2.75, 3.05) is 5.73 Å². The Bertz CT molecular complexity index is 747. The van der Waals surface area contributed by atoms with Crippen molar-refractivity contribution in [3.05, 3.63) is 57.3 Å². The first-order valence-electron chi connectivity index (χ1n) is 5.51. The van der Waals surface area contributed by atoms with Crippen molar-refractivity contribution in [3.8, 4) is 0 Å². The molecular weight excluding hydrogens is 246 g/mol. The number of anilines is 1. The third-order valence-electron chi connectivity index (χ3n) is 2.85. The Morgan fingerprint density at radius 1 is 1.33 bits per heavy atom. The van der Waals surface area contributed by atoms with Gasteiger partial charge in [0, 0.05) is 10.8 Å². The third-order valence-corrected chi connectivity index (χ3v) is 3.49. The molecule has 0 saturated heterocycles. The zero-order valence-corrected chi connectivity index (χ0v) is 10.4. The van der Waals surface area contributed by atoms with E-state index in [0.717, 1.165) is 11.1 Å². The summed E-state index contributed by atoms with van der Waals surface area (Å²) in [4.78, 5) is 16.5. The van der Waals surface area contributed by atoms with Crippen molar-refractivity contribution in [3.63, 3.8) is 0 Å². The van der Waals surface area contributed by atoms with Crippen LogP contribution in [0.4, 0.5) is 5.82 Å². The van der Waals surface area contributed by atoms with Crippen molar-refractivity contribution >= 4 is 27.9 Å². The lowest BCUT2D eigenvalue weighted by Gasteiger charge is -2.09. The maximum atomic E-state index is 12.3. The SMILES string of the molecule is Nc1cc2ccccc2c(=O)n1Cc1cscn1. The van der Waals surface area contributed by atoms with E-state index in [1.807, 2.05) is 35.7 Å². The predicted molar refractivity (Wildman–Crippen MR) is 73.8 cm³/mol. The maximum Gasteiger partial charge on any atom is 0.260 e. The van der Waals surface area contributed by atoms with Gasteiger partial charge in [-0.05, 0) is 17.5 Å². The second kappa shape index (κ2) is 4.27. The smallest absolute Gasteiger partial charge is 0.260 e. The summed E-state index contributed by atoms with van der Waals surface area (Å²) in [6.45, 7) is 0.416. The van der Waals surface area contributed by atoms with Crippen LogP contribution in [0.3, 0.4) is 0 Å². The lowest BCUT2D eigenvalue weighted by atomic mass is 10.1. The molecule has 3 rings (SSSR count). The monoisotopic (exact) mass is 257 g/mol. The van der Waals surface area contributed by atoms with Gasteiger partial charge in [-0.2, -0.15) is 0 Å². The van der Waals surface area contributed by atoms with E-state index < -0.39 is 0 Å². The molecule has 0 spiro atoms. The van der Waals surface area contributed by atoms with Crippen LogP contribution in [-0.4, -0.2) is 9.55 Å². The van der Waals surface area contributed by atoms with Crippen molar-refractivity contribution < 1.29 is 0 Å². The van der Waals surface area contributed by atoms with Crippen LogP contribution in [0.2, 0.25) is 0 Å². The van der Waals surface area contributed by atoms with Crippen LogP contribution >= 0.6 is 11.3 Å². The third kappa shape index (κ3) is 1.78. The highest BCUT2D eigenvalue weighted by molar-refractivity contribution is 7.07. The van der Waals surface area contributed by atoms with Crippen molar-refractivity contribution in [2.24, 2.45) is 0 Å². The van der Waals surface area contributed by atoms with E-state index in [2.05, 4.69) is 4.98 Å². The fourth-order valence-corrected chi connectivity index (χ4v) is 2.51. The molecule has 0 aliphatic carbocycles. The normalized spacial score (nSPS) is 10.9. The molecule has 1 aromatic carbocycles. The van der Waals surface area contributed by atoms with E-state index >= 15 is 0 Å². The van der Waals surface area contributed by atoms with E-state index in [1.165, 1.54) is 11.3 Å². The number of rotatable bonds is 2. The molecule has 0 atom stereocenters. The number of benzene rings is 1. The van der Waals surface area contributed by atoms with Gasteiger partial charge in [-0.1, -0.05) is 18.2 Å². The van der Waals surface area contributed by atoms with Crippen LogP contribution in [0, 0.1) is 0 Å². The van der Waals surface area contributed by atoms with Crippen molar-refractivity contribution in [1.82, 2.24) is 9.55 Å². The van der Waals surface area contributed by atoms with Crippen molar-refractivity contribution in [2.45, 2.75) is 6.54 Å². The van der Waals surface area contributed by atoms with Gasteiger partial charge in [0.05, 0.1) is 17.7 Å². The first-order chi connectivity index (χ1) is 8.75. The fourth-order valence-electron chi connectivity index (χ4n) is 1.96. The molecule has 4 nitrogen and oxygen atoms in total. The summed E-state index contributed by atoms with van der Waals surface area (Å²) < 4.78 is 1.55. The van der Waals surface area contributed by atoms with Crippen LogP contribution in [0.1, 0.15) is 5.69 Å². The van der Waals surface area contributed by atoms with Gasteiger partial charge in [-0.25, -0.2) is 4.98 Å². The second-order valence-corrected chi connectivity index (χ2v) is 4.75. The summed E-state index contributed by atoms with van der Waals surface area (Å²) in [7, 11) is 0. The van der Waals surface area contributed by atoms with Gasteiger partial charge < -0.3 is 5.73 Å². The fraction of sp³-hybridized carbons (Fsp3) is 0.0769. The first-order valence-corrected chi connectivity index (χ1v) is 6.45. The number of aromatic nitrogens is 2. The summed E-state index contributed by atoms with van der Waals surface area (Å²) >= 11 is 1.51. The standard InChI is InChI=1S/C13H11N3OS/c14-12-5-9-3-1-2-4-11(9)13(17)16(12)6-10-7-18-8-15-10/h1-5,7-8H,6,14H2. The van der Waals surface area contributed by atoms with E-state index in [0.29, 0.717) is 17.7 Å². The maximum absolute atomic E-state index is 12.3. The van der Waals surface area contributed by atoms with Crippen LogP contribution in [0.15, 0.2) is 46.0 Å². The Hall–Kier alpha value is -2.14.